The summed E-state index contributed by atoms with van der Waals surface area (Å²) in [5, 5.41) is 0. The van der Waals surface area contributed by atoms with Gasteiger partial charge in [-0.2, -0.15) is 8.42 Å². The molecule has 1 atom stereocenters. The van der Waals surface area contributed by atoms with Gasteiger partial charge in [0.05, 0.1) is 13.3 Å². The number of hydrogen-bond donors (Lipinski definition) is 1. The van der Waals surface area contributed by atoms with Gasteiger partial charge in [-0.25, -0.2) is 4.79 Å². The van der Waals surface area contributed by atoms with Crippen molar-refractivity contribution < 1.29 is 22.5 Å². The summed E-state index contributed by atoms with van der Waals surface area (Å²) >= 11 is 0. The van der Waals surface area contributed by atoms with E-state index in [0.717, 1.165) is 18.7 Å². The van der Waals surface area contributed by atoms with Crippen molar-refractivity contribution in [1.82, 2.24) is 9.80 Å². The Balaban J connectivity index is 0.000000225. The van der Waals surface area contributed by atoms with Gasteiger partial charge in [0, 0.05) is 7.05 Å². The SMILES string of the molecule is CCOC(=O)N(C)CN1CCCCC1.O=S(=O)(O)C1(Cc2ccccc2)C=CC=CC1. The van der Waals surface area contributed by atoms with Gasteiger partial charge in [0.25, 0.3) is 10.1 Å². The topological polar surface area (TPSA) is 87.2 Å². The molecule has 1 unspecified atom stereocenters. The summed E-state index contributed by atoms with van der Waals surface area (Å²) in [6.45, 7) is 5.17. The van der Waals surface area contributed by atoms with E-state index in [1.54, 1.807) is 36.3 Å². The second-order valence-corrected chi connectivity index (χ2v) is 9.67. The number of carbonyl (C=O) groups excluding carboxylic acids is 1. The number of piperidine rings is 1. The minimum absolute atomic E-state index is 0.224. The maximum absolute atomic E-state index is 11.6. The molecule has 0 bridgehead atoms. The van der Waals surface area contributed by atoms with Gasteiger partial charge in [-0.3, -0.25) is 14.4 Å². The zero-order chi connectivity index (χ0) is 22.7. The summed E-state index contributed by atoms with van der Waals surface area (Å²) in [7, 11) is -2.34. The van der Waals surface area contributed by atoms with Crippen LogP contribution in [-0.2, 0) is 21.3 Å². The molecular weight excluding hydrogens is 416 g/mol. The Bertz CT molecular complexity index is 848. The minimum Gasteiger partial charge on any atom is -0.450 e. The summed E-state index contributed by atoms with van der Waals surface area (Å²) in [6, 6.07) is 9.31. The Labute approximate surface area is 186 Å². The van der Waals surface area contributed by atoms with Crippen LogP contribution >= 0.6 is 0 Å². The van der Waals surface area contributed by atoms with Crippen LogP contribution in [0.15, 0.2) is 54.6 Å². The summed E-state index contributed by atoms with van der Waals surface area (Å²) in [5.41, 5.74) is 0.894. The van der Waals surface area contributed by atoms with E-state index in [0.29, 0.717) is 19.7 Å². The molecule has 1 aromatic carbocycles. The Morgan fingerprint density at radius 1 is 1.16 bits per heavy atom. The van der Waals surface area contributed by atoms with Gasteiger partial charge in [0.2, 0.25) is 0 Å². The van der Waals surface area contributed by atoms with Gasteiger partial charge in [0.15, 0.2) is 0 Å². The highest BCUT2D eigenvalue weighted by molar-refractivity contribution is 7.87. The number of amides is 1. The molecule has 1 amide bonds. The quantitative estimate of drug-likeness (QED) is 0.662. The van der Waals surface area contributed by atoms with Gasteiger partial charge in [-0.1, -0.05) is 61.1 Å². The molecule has 31 heavy (non-hydrogen) atoms. The van der Waals surface area contributed by atoms with Crippen molar-refractivity contribution in [1.29, 1.82) is 0 Å². The molecule has 3 rings (SSSR count). The molecular formula is C23H34N2O5S. The normalized spacial score (nSPS) is 21.1. The zero-order valence-electron chi connectivity index (χ0n) is 18.4. The monoisotopic (exact) mass is 450 g/mol. The predicted octanol–water partition coefficient (Wildman–Crippen LogP) is 3.89. The van der Waals surface area contributed by atoms with Gasteiger partial charge >= 0.3 is 6.09 Å². The van der Waals surface area contributed by atoms with E-state index in [2.05, 4.69) is 4.90 Å². The van der Waals surface area contributed by atoms with Crippen LogP contribution < -0.4 is 0 Å². The fourth-order valence-electron chi connectivity index (χ4n) is 3.69. The van der Waals surface area contributed by atoms with E-state index in [-0.39, 0.29) is 12.5 Å². The van der Waals surface area contributed by atoms with Crippen molar-refractivity contribution in [3.63, 3.8) is 0 Å². The smallest absolute Gasteiger partial charge is 0.410 e. The van der Waals surface area contributed by atoms with Crippen LogP contribution in [0.1, 0.15) is 38.2 Å². The standard InChI is InChI=1S/C13H14O3S.C10H20N2O2/c14-17(15,16)13(9-5-2-6-10-13)11-12-7-3-1-4-8-12;1-3-14-10(13)11(2)9-12-7-5-4-6-8-12/h1-9H,10-11H2,(H,14,15,16);3-9H2,1-2H3. The average Bonchev–Trinajstić information content (AvgIpc) is 2.76. The van der Waals surface area contributed by atoms with Crippen LogP contribution in [0.4, 0.5) is 4.79 Å². The van der Waals surface area contributed by atoms with Gasteiger partial charge in [0.1, 0.15) is 4.75 Å². The lowest BCUT2D eigenvalue weighted by molar-refractivity contribution is 0.0831. The molecule has 1 fully saturated rings. The molecule has 0 radical (unpaired) electrons. The van der Waals surface area contributed by atoms with Crippen molar-refractivity contribution in [2.75, 3.05) is 33.4 Å². The molecule has 1 saturated heterocycles. The van der Waals surface area contributed by atoms with Crippen LogP contribution in [-0.4, -0.2) is 67.0 Å². The molecule has 1 N–H and O–H groups in total. The first kappa shape index (κ1) is 25.1. The lowest BCUT2D eigenvalue weighted by Gasteiger charge is -2.30. The lowest BCUT2D eigenvalue weighted by atomic mass is 9.92. The maximum atomic E-state index is 11.6. The zero-order valence-corrected chi connectivity index (χ0v) is 19.3. The molecule has 0 spiro atoms. The third-order valence-corrected chi connectivity index (χ3v) is 6.89. The fourth-order valence-corrected chi connectivity index (χ4v) is 4.60. The molecule has 8 heteroatoms. The highest BCUT2D eigenvalue weighted by Crippen LogP contribution is 2.30. The highest BCUT2D eigenvalue weighted by Gasteiger charge is 2.40. The van der Waals surface area contributed by atoms with E-state index in [4.69, 9.17) is 4.74 Å². The molecule has 2 aliphatic rings. The van der Waals surface area contributed by atoms with E-state index in [1.807, 2.05) is 37.3 Å². The largest absolute Gasteiger partial charge is 0.450 e. The van der Waals surface area contributed by atoms with E-state index < -0.39 is 14.9 Å². The predicted molar refractivity (Wildman–Crippen MR) is 122 cm³/mol. The minimum atomic E-state index is -4.12. The second-order valence-electron chi connectivity index (χ2n) is 7.91. The molecule has 1 heterocycles. The third kappa shape index (κ3) is 7.79. The summed E-state index contributed by atoms with van der Waals surface area (Å²) in [4.78, 5) is 15.2. The number of nitrogens with zero attached hydrogens (tertiary/aromatic N) is 2. The maximum Gasteiger partial charge on any atom is 0.410 e. The van der Waals surface area contributed by atoms with Crippen LogP contribution in [0, 0.1) is 0 Å². The molecule has 1 aromatic rings. The van der Waals surface area contributed by atoms with E-state index in [1.165, 1.54) is 19.3 Å². The van der Waals surface area contributed by atoms with Gasteiger partial charge in [-0.05, 0) is 51.3 Å². The number of ether oxygens (including phenoxy) is 1. The van der Waals surface area contributed by atoms with Crippen molar-refractivity contribution in [3.8, 4) is 0 Å². The van der Waals surface area contributed by atoms with Crippen LogP contribution in [0.2, 0.25) is 0 Å². The van der Waals surface area contributed by atoms with E-state index >= 15 is 0 Å². The average molecular weight is 451 g/mol. The Hall–Kier alpha value is -2.16. The van der Waals surface area contributed by atoms with Crippen LogP contribution in [0.5, 0.6) is 0 Å². The molecule has 7 nitrogen and oxygen atoms in total. The van der Waals surface area contributed by atoms with Gasteiger partial charge in [-0.15, -0.1) is 0 Å². The number of allylic oxidation sites excluding steroid dienone is 3. The number of rotatable bonds is 6. The Morgan fingerprint density at radius 3 is 2.39 bits per heavy atom. The third-order valence-electron chi connectivity index (χ3n) is 5.41. The molecule has 0 aromatic heterocycles. The summed E-state index contributed by atoms with van der Waals surface area (Å²) in [6.07, 6.45) is 11.0. The summed E-state index contributed by atoms with van der Waals surface area (Å²) in [5.74, 6) is 0. The molecule has 172 valence electrons. The Morgan fingerprint density at radius 2 is 1.84 bits per heavy atom. The lowest BCUT2D eigenvalue weighted by Crippen LogP contribution is -2.41. The summed E-state index contributed by atoms with van der Waals surface area (Å²) < 4.78 is 36.3. The van der Waals surface area contributed by atoms with Crippen molar-refractivity contribution in [2.24, 2.45) is 0 Å². The molecule has 0 saturated carbocycles. The first-order chi connectivity index (χ1) is 14.8. The van der Waals surface area contributed by atoms with Crippen LogP contribution in [0.25, 0.3) is 0 Å². The number of hydrogen-bond acceptors (Lipinski definition) is 5. The number of benzene rings is 1. The van der Waals surface area contributed by atoms with E-state index in [9.17, 15) is 17.8 Å². The first-order valence-electron chi connectivity index (χ1n) is 10.7. The molecule has 1 aliphatic heterocycles. The number of likely N-dealkylation sites (tertiary alicyclic amines) is 1. The van der Waals surface area contributed by atoms with Crippen molar-refractivity contribution >= 4 is 16.2 Å². The van der Waals surface area contributed by atoms with Crippen molar-refractivity contribution in [2.45, 2.75) is 43.8 Å². The van der Waals surface area contributed by atoms with Gasteiger partial charge < -0.3 is 4.74 Å². The fraction of sp³-hybridized carbons (Fsp3) is 0.522. The molecule has 1 aliphatic carbocycles. The highest BCUT2D eigenvalue weighted by atomic mass is 32.2. The second kappa shape index (κ2) is 12.0. The van der Waals surface area contributed by atoms with Crippen LogP contribution in [0.3, 0.4) is 0 Å². The number of carbonyl (C=O) groups is 1. The Kier molecular flexibility index (Phi) is 9.74. The first-order valence-corrected chi connectivity index (χ1v) is 12.2. The van der Waals surface area contributed by atoms with Crippen molar-refractivity contribution in [3.05, 3.63) is 60.2 Å².